The number of thiazole rings is 1. The summed E-state index contributed by atoms with van der Waals surface area (Å²) in [5.74, 6) is -0.181. The van der Waals surface area contributed by atoms with Crippen molar-refractivity contribution >= 4 is 28.6 Å². The number of anilines is 2. The van der Waals surface area contributed by atoms with Gasteiger partial charge in [-0.2, -0.15) is 0 Å². The molecule has 0 aliphatic carbocycles. The number of carbonyl (C=O) groups is 1. The van der Waals surface area contributed by atoms with Crippen molar-refractivity contribution in [2.45, 2.75) is 19.3 Å². The number of aromatic nitrogens is 1. The quantitative estimate of drug-likeness (QED) is 0.674. The molecule has 1 amide bonds. The zero-order chi connectivity index (χ0) is 19.0. The Morgan fingerprint density at radius 2 is 1.85 bits per heavy atom. The number of hydrogen-bond donors (Lipinski definition) is 2. The topological polar surface area (TPSA) is 77.2 Å². The summed E-state index contributed by atoms with van der Waals surface area (Å²) in [6, 6.07) is 14.9. The fourth-order valence-electron chi connectivity index (χ4n) is 3.14. The van der Waals surface area contributed by atoms with Crippen LogP contribution in [0.15, 0.2) is 48.5 Å². The fraction of sp³-hybridized carbons (Fsp3) is 0.238. The molecule has 0 bridgehead atoms. The summed E-state index contributed by atoms with van der Waals surface area (Å²) < 4.78 is 5.54. The van der Waals surface area contributed by atoms with Gasteiger partial charge in [-0.15, -0.1) is 11.3 Å². The molecule has 1 fully saturated rings. The van der Waals surface area contributed by atoms with Gasteiger partial charge in [0.05, 0.1) is 35.7 Å². The predicted molar refractivity (Wildman–Crippen MR) is 108 cm³/mol. The third kappa shape index (κ3) is 3.11. The molecule has 0 atom stereocenters. The molecule has 138 valence electrons. The molecule has 0 spiro atoms. The number of nitrogens with one attached hydrogen (secondary N) is 1. The smallest absolute Gasteiger partial charge is 0.255 e. The molecule has 3 N–H and O–H groups in total. The van der Waals surface area contributed by atoms with Crippen LogP contribution in [0.3, 0.4) is 0 Å². The molecule has 4 rings (SSSR count). The second-order valence-electron chi connectivity index (χ2n) is 6.85. The number of aryl methyl sites for hydroxylation is 2. The highest BCUT2D eigenvalue weighted by Gasteiger charge is 2.45. The number of hydrogen-bond acceptors (Lipinski definition) is 5. The number of carbonyl (C=O) groups excluding carboxylic acids is 1. The Morgan fingerprint density at radius 1 is 1.15 bits per heavy atom. The third-order valence-corrected chi connectivity index (χ3v) is 6.32. The first-order chi connectivity index (χ1) is 13.0. The van der Waals surface area contributed by atoms with E-state index in [0.717, 1.165) is 16.3 Å². The summed E-state index contributed by atoms with van der Waals surface area (Å²) in [4.78, 5) is 18.5. The minimum Gasteiger partial charge on any atom is -0.397 e. The van der Waals surface area contributed by atoms with Gasteiger partial charge in [-0.1, -0.05) is 24.3 Å². The number of ether oxygens (including phenoxy) is 1. The average molecular weight is 379 g/mol. The molecule has 6 heteroatoms. The molecule has 1 aliphatic heterocycles. The molecule has 1 aliphatic rings. The molecule has 0 radical (unpaired) electrons. The van der Waals surface area contributed by atoms with Gasteiger partial charge in [0, 0.05) is 10.4 Å². The lowest BCUT2D eigenvalue weighted by molar-refractivity contribution is -0.0380. The van der Waals surface area contributed by atoms with Crippen molar-refractivity contribution in [2.24, 2.45) is 0 Å². The monoisotopic (exact) mass is 379 g/mol. The van der Waals surface area contributed by atoms with E-state index in [1.54, 1.807) is 23.5 Å². The standard InChI is InChI=1S/C21H21N3O2S/c1-13-14(2)27-20(23-13)21(11-26-12-21)16-9-7-15(8-10-16)19(25)24-18-6-4-3-5-17(18)22/h3-10H,11-12,22H2,1-2H3,(H,24,25). The summed E-state index contributed by atoms with van der Waals surface area (Å²) in [7, 11) is 0. The van der Waals surface area contributed by atoms with Gasteiger partial charge in [-0.25, -0.2) is 4.98 Å². The normalized spacial score (nSPS) is 15.2. The van der Waals surface area contributed by atoms with E-state index in [1.165, 1.54) is 4.88 Å². The number of nitrogens with zero attached hydrogens (tertiary/aromatic N) is 1. The van der Waals surface area contributed by atoms with Crippen molar-refractivity contribution in [3.8, 4) is 0 Å². The maximum absolute atomic E-state index is 12.5. The van der Waals surface area contributed by atoms with E-state index in [4.69, 9.17) is 15.5 Å². The molecule has 27 heavy (non-hydrogen) atoms. The van der Waals surface area contributed by atoms with E-state index in [1.807, 2.05) is 43.3 Å². The third-order valence-electron chi connectivity index (χ3n) is 5.04. The van der Waals surface area contributed by atoms with Crippen molar-refractivity contribution < 1.29 is 9.53 Å². The molecule has 2 aromatic carbocycles. The second kappa shape index (κ2) is 6.79. The summed E-state index contributed by atoms with van der Waals surface area (Å²) in [5, 5.41) is 3.94. The van der Waals surface area contributed by atoms with Crippen LogP contribution in [0.4, 0.5) is 11.4 Å². The van der Waals surface area contributed by atoms with E-state index in [-0.39, 0.29) is 11.3 Å². The minimum absolute atomic E-state index is 0.181. The predicted octanol–water partition coefficient (Wildman–Crippen LogP) is 3.91. The molecule has 1 saturated heterocycles. The van der Waals surface area contributed by atoms with Crippen LogP contribution in [0.1, 0.15) is 31.5 Å². The van der Waals surface area contributed by atoms with Gasteiger partial charge >= 0.3 is 0 Å². The van der Waals surface area contributed by atoms with Gasteiger partial charge < -0.3 is 15.8 Å². The molecule has 0 saturated carbocycles. The molecule has 2 heterocycles. The Balaban J connectivity index is 1.58. The van der Waals surface area contributed by atoms with E-state index < -0.39 is 0 Å². The van der Waals surface area contributed by atoms with Crippen LogP contribution in [0, 0.1) is 13.8 Å². The highest BCUT2D eigenvalue weighted by molar-refractivity contribution is 7.11. The summed E-state index contributed by atoms with van der Waals surface area (Å²) in [6.07, 6.45) is 0. The average Bonchev–Trinajstić information content (AvgIpc) is 2.95. The van der Waals surface area contributed by atoms with Gasteiger partial charge in [0.25, 0.3) is 5.91 Å². The number of para-hydroxylation sites is 2. The number of rotatable bonds is 4. The first kappa shape index (κ1) is 17.7. The number of nitrogens with two attached hydrogens (primary N) is 1. The lowest BCUT2D eigenvalue weighted by atomic mass is 9.79. The van der Waals surface area contributed by atoms with Crippen LogP contribution < -0.4 is 11.1 Å². The highest BCUT2D eigenvalue weighted by Crippen LogP contribution is 2.41. The molecular weight excluding hydrogens is 358 g/mol. The summed E-state index contributed by atoms with van der Waals surface area (Å²) >= 11 is 1.72. The minimum atomic E-state index is -0.206. The van der Waals surface area contributed by atoms with Crippen molar-refractivity contribution in [1.29, 1.82) is 0 Å². The maximum atomic E-state index is 12.5. The SMILES string of the molecule is Cc1nc(C2(c3ccc(C(=O)Nc4ccccc4N)cc3)COC2)sc1C. The Hall–Kier alpha value is -2.70. The van der Waals surface area contributed by atoms with Gasteiger partial charge in [-0.05, 0) is 43.7 Å². The van der Waals surface area contributed by atoms with E-state index >= 15 is 0 Å². The molecule has 5 nitrogen and oxygen atoms in total. The molecule has 3 aromatic rings. The lowest BCUT2D eigenvalue weighted by Gasteiger charge is -2.40. The van der Waals surface area contributed by atoms with Crippen LogP contribution >= 0.6 is 11.3 Å². The Morgan fingerprint density at radius 3 is 2.41 bits per heavy atom. The van der Waals surface area contributed by atoms with E-state index in [0.29, 0.717) is 30.2 Å². The molecule has 1 aromatic heterocycles. The second-order valence-corrected chi connectivity index (χ2v) is 8.06. The number of amides is 1. The van der Waals surface area contributed by atoms with Crippen molar-refractivity contribution in [3.63, 3.8) is 0 Å². The Kier molecular flexibility index (Phi) is 4.45. The van der Waals surface area contributed by atoms with Gasteiger partial charge in [-0.3, -0.25) is 4.79 Å². The first-order valence-electron chi connectivity index (χ1n) is 8.78. The highest BCUT2D eigenvalue weighted by atomic mass is 32.1. The van der Waals surface area contributed by atoms with Gasteiger partial charge in [0.15, 0.2) is 0 Å². The van der Waals surface area contributed by atoms with Crippen LogP contribution in [0.5, 0.6) is 0 Å². The van der Waals surface area contributed by atoms with E-state index in [2.05, 4.69) is 12.2 Å². The largest absolute Gasteiger partial charge is 0.397 e. The Labute approximate surface area is 162 Å². The summed E-state index contributed by atoms with van der Waals surface area (Å²) in [6.45, 7) is 5.36. The van der Waals surface area contributed by atoms with Gasteiger partial charge in [0.2, 0.25) is 0 Å². The maximum Gasteiger partial charge on any atom is 0.255 e. The van der Waals surface area contributed by atoms with Crippen LogP contribution in [-0.4, -0.2) is 24.1 Å². The van der Waals surface area contributed by atoms with Gasteiger partial charge in [0.1, 0.15) is 5.01 Å². The number of nitrogen functional groups attached to an aromatic ring is 1. The van der Waals surface area contributed by atoms with Crippen molar-refractivity contribution in [1.82, 2.24) is 4.98 Å². The zero-order valence-corrected chi connectivity index (χ0v) is 16.1. The van der Waals surface area contributed by atoms with Crippen LogP contribution in [0.2, 0.25) is 0 Å². The van der Waals surface area contributed by atoms with Crippen LogP contribution in [-0.2, 0) is 10.2 Å². The van der Waals surface area contributed by atoms with Crippen LogP contribution in [0.25, 0.3) is 0 Å². The zero-order valence-electron chi connectivity index (χ0n) is 15.3. The van der Waals surface area contributed by atoms with E-state index in [9.17, 15) is 4.79 Å². The lowest BCUT2D eigenvalue weighted by Crippen LogP contribution is -2.47. The van der Waals surface area contributed by atoms with Crippen molar-refractivity contribution in [2.75, 3.05) is 24.3 Å². The first-order valence-corrected chi connectivity index (χ1v) is 9.60. The molecular formula is C21H21N3O2S. The summed E-state index contributed by atoms with van der Waals surface area (Å²) in [5.41, 5.74) is 9.63. The fourth-order valence-corrected chi connectivity index (χ4v) is 4.24. The Bertz CT molecular complexity index is 971. The van der Waals surface area contributed by atoms with Crippen molar-refractivity contribution in [3.05, 3.63) is 75.2 Å². The molecule has 0 unspecified atom stereocenters. The number of benzene rings is 2.